The molecule has 1 heterocycles. The molecule has 3 N–H and O–H groups in total. The Bertz CT molecular complexity index is 353. The predicted octanol–water partition coefficient (Wildman–Crippen LogP) is 0.929. The van der Waals surface area contributed by atoms with Crippen LogP contribution in [0, 0.1) is 0 Å². The van der Waals surface area contributed by atoms with E-state index in [1.807, 2.05) is 18.2 Å². The minimum absolute atomic E-state index is 0.209. The molecule has 1 aromatic rings. The molecular weight excluding hydrogens is 202 g/mol. The summed E-state index contributed by atoms with van der Waals surface area (Å²) >= 11 is 0. The number of primary amides is 1. The highest BCUT2D eigenvalue weighted by atomic mass is 16.2. The van der Waals surface area contributed by atoms with Gasteiger partial charge in [0.15, 0.2) is 0 Å². The number of likely N-dealkylation sites (tertiary alicyclic amines) is 1. The Morgan fingerprint density at radius 3 is 2.88 bits per heavy atom. The quantitative estimate of drug-likeness (QED) is 0.794. The minimum atomic E-state index is -0.424. The Hall–Kier alpha value is -1.55. The SMILES string of the molecule is NC(=O)N[C@H]1CCN(Cc2ccccc2)C1. The first kappa shape index (κ1) is 11.0. The van der Waals surface area contributed by atoms with Gasteiger partial charge in [0.2, 0.25) is 0 Å². The van der Waals surface area contributed by atoms with E-state index in [0.29, 0.717) is 0 Å². The normalized spacial score (nSPS) is 20.9. The van der Waals surface area contributed by atoms with Gasteiger partial charge < -0.3 is 11.1 Å². The Morgan fingerprint density at radius 1 is 1.44 bits per heavy atom. The summed E-state index contributed by atoms with van der Waals surface area (Å²) in [6.45, 7) is 2.84. The lowest BCUT2D eigenvalue weighted by Gasteiger charge is -2.16. The van der Waals surface area contributed by atoms with Crippen molar-refractivity contribution in [1.29, 1.82) is 0 Å². The van der Waals surface area contributed by atoms with Crippen LogP contribution in [0.5, 0.6) is 0 Å². The summed E-state index contributed by atoms with van der Waals surface area (Å²) in [4.78, 5) is 13.0. The highest BCUT2D eigenvalue weighted by Gasteiger charge is 2.22. The summed E-state index contributed by atoms with van der Waals surface area (Å²) in [7, 11) is 0. The minimum Gasteiger partial charge on any atom is -0.352 e. The van der Waals surface area contributed by atoms with Crippen LogP contribution in [0.2, 0.25) is 0 Å². The Morgan fingerprint density at radius 2 is 2.19 bits per heavy atom. The van der Waals surface area contributed by atoms with Crippen molar-refractivity contribution >= 4 is 6.03 Å². The Labute approximate surface area is 95.4 Å². The average Bonchev–Trinajstić information content (AvgIpc) is 2.66. The third kappa shape index (κ3) is 2.97. The standard InChI is InChI=1S/C12H17N3O/c13-12(16)14-11-6-7-15(9-11)8-10-4-2-1-3-5-10/h1-5,11H,6-9H2,(H3,13,14,16)/t11-/m0/s1. The molecule has 0 radical (unpaired) electrons. The van der Waals surface area contributed by atoms with Crippen molar-refractivity contribution in [3.05, 3.63) is 35.9 Å². The van der Waals surface area contributed by atoms with Gasteiger partial charge in [-0.15, -0.1) is 0 Å². The van der Waals surface area contributed by atoms with Crippen molar-refractivity contribution in [3.63, 3.8) is 0 Å². The Kier molecular flexibility index (Phi) is 3.41. The summed E-state index contributed by atoms with van der Waals surface area (Å²) in [6, 6.07) is 10.1. The van der Waals surface area contributed by atoms with Crippen LogP contribution >= 0.6 is 0 Å². The van der Waals surface area contributed by atoms with Gasteiger partial charge in [0, 0.05) is 25.7 Å². The molecule has 1 aliphatic rings. The lowest BCUT2D eigenvalue weighted by Crippen LogP contribution is -2.40. The molecule has 2 rings (SSSR count). The van der Waals surface area contributed by atoms with Gasteiger partial charge in [-0.2, -0.15) is 0 Å². The van der Waals surface area contributed by atoms with Crippen LogP contribution < -0.4 is 11.1 Å². The third-order valence-corrected chi connectivity index (χ3v) is 2.87. The predicted molar refractivity (Wildman–Crippen MR) is 62.8 cm³/mol. The summed E-state index contributed by atoms with van der Waals surface area (Å²) in [5.41, 5.74) is 6.41. The fourth-order valence-electron chi connectivity index (χ4n) is 2.14. The van der Waals surface area contributed by atoms with Crippen LogP contribution in [0.1, 0.15) is 12.0 Å². The molecular formula is C12H17N3O. The molecule has 0 bridgehead atoms. The molecule has 1 atom stereocenters. The number of urea groups is 1. The molecule has 16 heavy (non-hydrogen) atoms. The van der Waals surface area contributed by atoms with E-state index in [0.717, 1.165) is 26.1 Å². The lowest BCUT2D eigenvalue weighted by atomic mass is 10.2. The van der Waals surface area contributed by atoms with E-state index in [4.69, 9.17) is 5.73 Å². The van der Waals surface area contributed by atoms with Gasteiger partial charge in [-0.3, -0.25) is 4.90 Å². The molecule has 4 nitrogen and oxygen atoms in total. The molecule has 1 fully saturated rings. The molecule has 2 amide bonds. The van der Waals surface area contributed by atoms with Crippen molar-refractivity contribution < 1.29 is 4.79 Å². The van der Waals surface area contributed by atoms with Crippen LogP contribution in [0.25, 0.3) is 0 Å². The Balaban J connectivity index is 1.83. The number of rotatable bonds is 3. The number of hydrogen-bond donors (Lipinski definition) is 2. The van der Waals surface area contributed by atoms with Crippen molar-refractivity contribution in [3.8, 4) is 0 Å². The van der Waals surface area contributed by atoms with Gasteiger partial charge in [0.05, 0.1) is 0 Å². The molecule has 1 saturated heterocycles. The van der Waals surface area contributed by atoms with E-state index in [-0.39, 0.29) is 6.04 Å². The van der Waals surface area contributed by atoms with E-state index < -0.39 is 6.03 Å². The zero-order valence-corrected chi connectivity index (χ0v) is 9.23. The molecule has 1 aliphatic heterocycles. The second kappa shape index (κ2) is 4.99. The maximum atomic E-state index is 10.7. The third-order valence-electron chi connectivity index (χ3n) is 2.87. The largest absolute Gasteiger partial charge is 0.352 e. The smallest absolute Gasteiger partial charge is 0.312 e. The van der Waals surface area contributed by atoms with Crippen LogP contribution in [0.4, 0.5) is 4.79 Å². The zero-order chi connectivity index (χ0) is 11.4. The van der Waals surface area contributed by atoms with Gasteiger partial charge in [0.25, 0.3) is 0 Å². The van der Waals surface area contributed by atoms with Gasteiger partial charge in [-0.25, -0.2) is 4.79 Å². The highest BCUT2D eigenvalue weighted by molar-refractivity contribution is 5.72. The van der Waals surface area contributed by atoms with E-state index in [1.54, 1.807) is 0 Å². The average molecular weight is 219 g/mol. The first-order chi connectivity index (χ1) is 7.74. The van der Waals surface area contributed by atoms with Crippen molar-refractivity contribution in [2.24, 2.45) is 5.73 Å². The summed E-state index contributed by atoms with van der Waals surface area (Å²) in [5.74, 6) is 0. The van der Waals surface area contributed by atoms with Crippen LogP contribution in [0.15, 0.2) is 30.3 Å². The van der Waals surface area contributed by atoms with Crippen LogP contribution in [0.3, 0.4) is 0 Å². The summed E-state index contributed by atoms with van der Waals surface area (Å²) in [6.07, 6.45) is 0.982. The molecule has 0 saturated carbocycles. The zero-order valence-electron chi connectivity index (χ0n) is 9.23. The monoisotopic (exact) mass is 219 g/mol. The molecule has 4 heteroatoms. The fraction of sp³-hybridized carbons (Fsp3) is 0.417. The highest BCUT2D eigenvalue weighted by Crippen LogP contribution is 2.13. The van der Waals surface area contributed by atoms with Crippen molar-refractivity contribution in [2.45, 2.75) is 19.0 Å². The number of hydrogen-bond acceptors (Lipinski definition) is 2. The lowest BCUT2D eigenvalue weighted by molar-refractivity contribution is 0.244. The van der Waals surface area contributed by atoms with Crippen LogP contribution in [-0.4, -0.2) is 30.1 Å². The number of carbonyl (C=O) groups excluding carboxylic acids is 1. The second-order valence-corrected chi connectivity index (χ2v) is 4.21. The molecule has 86 valence electrons. The number of nitrogens with two attached hydrogens (primary N) is 1. The number of benzene rings is 1. The van der Waals surface area contributed by atoms with Gasteiger partial charge >= 0.3 is 6.03 Å². The van der Waals surface area contributed by atoms with Crippen molar-refractivity contribution in [2.75, 3.05) is 13.1 Å². The van der Waals surface area contributed by atoms with Gasteiger partial charge in [-0.1, -0.05) is 30.3 Å². The molecule has 1 aromatic carbocycles. The number of nitrogens with one attached hydrogen (secondary N) is 1. The topological polar surface area (TPSA) is 58.4 Å². The summed E-state index contributed by atoms with van der Waals surface area (Å²) < 4.78 is 0. The van der Waals surface area contributed by atoms with E-state index in [1.165, 1.54) is 5.56 Å². The van der Waals surface area contributed by atoms with E-state index >= 15 is 0 Å². The van der Waals surface area contributed by atoms with Crippen molar-refractivity contribution in [1.82, 2.24) is 10.2 Å². The number of nitrogens with zero attached hydrogens (tertiary/aromatic N) is 1. The maximum absolute atomic E-state index is 10.7. The molecule has 0 aromatic heterocycles. The first-order valence-corrected chi connectivity index (χ1v) is 5.56. The number of carbonyl (C=O) groups is 1. The summed E-state index contributed by atoms with van der Waals surface area (Å²) in [5, 5.41) is 2.75. The van der Waals surface area contributed by atoms with Gasteiger partial charge in [0.1, 0.15) is 0 Å². The molecule has 0 spiro atoms. The van der Waals surface area contributed by atoms with E-state index in [2.05, 4.69) is 22.3 Å². The molecule has 0 aliphatic carbocycles. The molecule has 0 unspecified atom stereocenters. The number of amides is 2. The maximum Gasteiger partial charge on any atom is 0.312 e. The second-order valence-electron chi connectivity index (χ2n) is 4.21. The fourth-order valence-corrected chi connectivity index (χ4v) is 2.14. The first-order valence-electron chi connectivity index (χ1n) is 5.56. The van der Waals surface area contributed by atoms with Gasteiger partial charge in [-0.05, 0) is 12.0 Å². The van der Waals surface area contributed by atoms with Crippen LogP contribution in [-0.2, 0) is 6.54 Å². The van der Waals surface area contributed by atoms with E-state index in [9.17, 15) is 4.79 Å².